The first-order chi connectivity index (χ1) is 7.58. The van der Waals surface area contributed by atoms with E-state index in [0.717, 1.165) is 12.0 Å². The Hall–Kier alpha value is -0.280. The second-order valence-electron chi connectivity index (χ2n) is 3.85. The third-order valence-corrected chi connectivity index (χ3v) is 3.38. The molecule has 1 aromatic rings. The topological polar surface area (TPSA) is 32.3 Å². The highest BCUT2D eigenvalue weighted by atomic mass is 35.5. The average molecular weight is 262 g/mol. The standard InChI is InChI=1S/C12H17Cl2NO/c1-3-10(7-16)15-8(2)9-4-5-11(13)12(14)6-9/h4-6,8,10,15-16H,3,7H2,1-2H3. The fourth-order valence-corrected chi connectivity index (χ4v) is 1.84. The smallest absolute Gasteiger partial charge is 0.0595 e. The Morgan fingerprint density at radius 1 is 1.31 bits per heavy atom. The SMILES string of the molecule is CCC(CO)NC(C)c1ccc(Cl)c(Cl)c1. The van der Waals surface area contributed by atoms with Crippen molar-refractivity contribution in [2.24, 2.45) is 0 Å². The van der Waals surface area contributed by atoms with Gasteiger partial charge in [-0.3, -0.25) is 0 Å². The van der Waals surface area contributed by atoms with Crippen molar-refractivity contribution < 1.29 is 5.11 Å². The van der Waals surface area contributed by atoms with Crippen LogP contribution in [0.1, 0.15) is 31.9 Å². The lowest BCUT2D eigenvalue weighted by atomic mass is 10.1. The molecule has 1 rings (SSSR count). The summed E-state index contributed by atoms with van der Waals surface area (Å²) < 4.78 is 0. The third-order valence-electron chi connectivity index (χ3n) is 2.64. The second-order valence-corrected chi connectivity index (χ2v) is 4.66. The van der Waals surface area contributed by atoms with E-state index < -0.39 is 0 Å². The van der Waals surface area contributed by atoms with Gasteiger partial charge in [-0.15, -0.1) is 0 Å². The molecule has 16 heavy (non-hydrogen) atoms. The number of benzene rings is 1. The second kappa shape index (κ2) is 6.45. The first-order valence-corrected chi connectivity index (χ1v) is 6.16. The highest BCUT2D eigenvalue weighted by Gasteiger charge is 2.11. The molecule has 0 bridgehead atoms. The molecule has 0 spiro atoms. The molecule has 2 N–H and O–H groups in total. The number of nitrogens with one attached hydrogen (secondary N) is 1. The first kappa shape index (κ1) is 13.8. The van der Waals surface area contributed by atoms with Crippen molar-refractivity contribution in [1.82, 2.24) is 5.32 Å². The van der Waals surface area contributed by atoms with Crippen LogP contribution in [0.4, 0.5) is 0 Å². The van der Waals surface area contributed by atoms with Crippen LogP contribution in [0.15, 0.2) is 18.2 Å². The molecule has 90 valence electrons. The van der Waals surface area contributed by atoms with E-state index in [1.165, 1.54) is 0 Å². The van der Waals surface area contributed by atoms with Crippen LogP contribution in [-0.4, -0.2) is 17.8 Å². The van der Waals surface area contributed by atoms with Crippen LogP contribution in [0.3, 0.4) is 0 Å². The zero-order valence-electron chi connectivity index (χ0n) is 9.50. The largest absolute Gasteiger partial charge is 0.395 e. The van der Waals surface area contributed by atoms with E-state index in [-0.39, 0.29) is 18.7 Å². The number of halogens is 2. The van der Waals surface area contributed by atoms with Crippen LogP contribution in [0.2, 0.25) is 10.0 Å². The fraction of sp³-hybridized carbons (Fsp3) is 0.500. The summed E-state index contributed by atoms with van der Waals surface area (Å²) in [5.41, 5.74) is 1.07. The minimum absolute atomic E-state index is 0.115. The van der Waals surface area contributed by atoms with Gasteiger partial charge in [0.25, 0.3) is 0 Å². The van der Waals surface area contributed by atoms with Crippen molar-refractivity contribution >= 4 is 23.2 Å². The van der Waals surface area contributed by atoms with E-state index in [0.29, 0.717) is 10.0 Å². The maximum Gasteiger partial charge on any atom is 0.0595 e. The molecule has 0 aliphatic carbocycles. The lowest BCUT2D eigenvalue weighted by Gasteiger charge is -2.21. The first-order valence-electron chi connectivity index (χ1n) is 5.40. The van der Waals surface area contributed by atoms with Crippen LogP contribution in [0.5, 0.6) is 0 Å². The van der Waals surface area contributed by atoms with Crippen molar-refractivity contribution in [2.75, 3.05) is 6.61 Å². The van der Waals surface area contributed by atoms with Gasteiger partial charge in [0, 0.05) is 12.1 Å². The van der Waals surface area contributed by atoms with Gasteiger partial charge in [-0.1, -0.05) is 36.2 Å². The number of aliphatic hydroxyl groups excluding tert-OH is 1. The predicted octanol–water partition coefficient (Wildman–Crippen LogP) is 3.41. The van der Waals surface area contributed by atoms with Crippen LogP contribution in [0, 0.1) is 0 Å². The van der Waals surface area contributed by atoms with E-state index in [1.54, 1.807) is 6.07 Å². The highest BCUT2D eigenvalue weighted by Crippen LogP contribution is 2.25. The third kappa shape index (κ3) is 3.63. The van der Waals surface area contributed by atoms with E-state index >= 15 is 0 Å². The molecular weight excluding hydrogens is 245 g/mol. The predicted molar refractivity (Wildman–Crippen MR) is 69.2 cm³/mol. The minimum atomic E-state index is 0.115. The molecule has 0 heterocycles. The van der Waals surface area contributed by atoms with E-state index in [1.807, 2.05) is 26.0 Å². The number of hydrogen-bond donors (Lipinski definition) is 2. The summed E-state index contributed by atoms with van der Waals surface area (Å²) in [6, 6.07) is 5.84. The summed E-state index contributed by atoms with van der Waals surface area (Å²) in [5.74, 6) is 0. The molecule has 0 fully saturated rings. The van der Waals surface area contributed by atoms with Crippen LogP contribution in [0.25, 0.3) is 0 Å². The summed E-state index contributed by atoms with van der Waals surface area (Å²) in [4.78, 5) is 0. The Bertz CT molecular complexity index is 340. The molecule has 0 aliphatic rings. The summed E-state index contributed by atoms with van der Waals surface area (Å²) in [6.07, 6.45) is 0.891. The number of hydrogen-bond acceptors (Lipinski definition) is 2. The van der Waals surface area contributed by atoms with Crippen LogP contribution < -0.4 is 5.32 Å². The lowest BCUT2D eigenvalue weighted by molar-refractivity contribution is 0.230. The molecule has 0 amide bonds. The minimum Gasteiger partial charge on any atom is -0.395 e. The number of aliphatic hydroxyl groups is 1. The van der Waals surface area contributed by atoms with Crippen molar-refractivity contribution in [3.8, 4) is 0 Å². The molecule has 0 saturated carbocycles. The summed E-state index contributed by atoms with van der Waals surface area (Å²) in [5, 5.41) is 13.6. The Morgan fingerprint density at radius 3 is 2.50 bits per heavy atom. The molecule has 2 unspecified atom stereocenters. The van der Waals surface area contributed by atoms with Crippen LogP contribution >= 0.6 is 23.2 Å². The van der Waals surface area contributed by atoms with E-state index in [9.17, 15) is 0 Å². The van der Waals surface area contributed by atoms with Crippen molar-refractivity contribution in [2.45, 2.75) is 32.4 Å². The Morgan fingerprint density at radius 2 is 2.00 bits per heavy atom. The molecule has 2 nitrogen and oxygen atoms in total. The maximum absolute atomic E-state index is 9.11. The van der Waals surface area contributed by atoms with Gasteiger partial charge in [0.2, 0.25) is 0 Å². The van der Waals surface area contributed by atoms with E-state index in [4.69, 9.17) is 28.3 Å². The summed E-state index contributed by atoms with van der Waals surface area (Å²) in [6.45, 7) is 4.22. The monoisotopic (exact) mass is 261 g/mol. The van der Waals surface area contributed by atoms with Gasteiger partial charge in [0.05, 0.1) is 16.7 Å². The Balaban J connectivity index is 2.72. The molecule has 0 saturated heterocycles. The highest BCUT2D eigenvalue weighted by molar-refractivity contribution is 6.42. The molecule has 4 heteroatoms. The van der Waals surface area contributed by atoms with Gasteiger partial charge in [-0.25, -0.2) is 0 Å². The van der Waals surface area contributed by atoms with Gasteiger partial charge < -0.3 is 10.4 Å². The van der Waals surface area contributed by atoms with Crippen molar-refractivity contribution in [3.05, 3.63) is 33.8 Å². The molecule has 2 atom stereocenters. The zero-order chi connectivity index (χ0) is 12.1. The van der Waals surface area contributed by atoms with E-state index in [2.05, 4.69) is 5.32 Å². The molecular formula is C12H17Cl2NO. The molecule has 0 aliphatic heterocycles. The van der Waals surface area contributed by atoms with Gasteiger partial charge >= 0.3 is 0 Å². The molecule has 1 aromatic carbocycles. The molecule has 0 radical (unpaired) electrons. The normalized spacial score (nSPS) is 14.8. The van der Waals surface area contributed by atoms with Gasteiger partial charge in [-0.05, 0) is 31.0 Å². The van der Waals surface area contributed by atoms with Gasteiger partial charge in [-0.2, -0.15) is 0 Å². The average Bonchev–Trinajstić information content (AvgIpc) is 2.29. The Labute approximate surface area is 107 Å². The lowest BCUT2D eigenvalue weighted by Crippen LogP contribution is -2.33. The quantitative estimate of drug-likeness (QED) is 0.852. The Kier molecular flexibility index (Phi) is 5.56. The zero-order valence-corrected chi connectivity index (χ0v) is 11.0. The summed E-state index contributed by atoms with van der Waals surface area (Å²) in [7, 11) is 0. The van der Waals surface area contributed by atoms with Crippen molar-refractivity contribution in [1.29, 1.82) is 0 Å². The van der Waals surface area contributed by atoms with Crippen LogP contribution in [-0.2, 0) is 0 Å². The maximum atomic E-state index is 9.11. The van der Waals surface area contributed by atoms with Gasteiger partial charge in [0.15, 0.2) is 0 Å². The fourth-order valence-electron chi connectivity index (χ4n) is 1.53. The number of rotatable bonds is 5. The van der Waals surface area contributed by atoms with Gasteiger partial charge in [0.1, 0.15) is 0 Å². The van der Waals surface area contributed by atoms with Crippen molar-refractivity contribution in [3.63, 3.8) is 0 Å². The summed E-state index contributed by atoms with van der Waals surface area (Å²) >= 11 is 11.8. The molecule has 0 aromatic heterocycles.